The van der Waals surface area contributed by atoms with Gasteiger partial charge in [0.2, 0.25) is 0 Å². The molecule has 2 rings (SSSR count). The molecule has 0 amide bonds. The van der Waals surface area contributed by atoms with Crippen molar-refractivity contribution in [3.05, 3.63) is 34.9 Å². The lowest BCUT2D eigenvalue weighted by atomic mass is 9.89. The molecule has 82 valence electrons. The zero-order valence-corrected chi connectivity index (χ0v) is 10.1. The average Bonchev–Trinajstić information content (AvgIpc) is 2.59. The van der Waals surface area contributed by atoms with E-state index in [4.69, 9.17) is 0 Å². The van der Waals surface area contributed by atoms with Gasteiger partial charge in [-0.05, 0) is 57.7 Å². The van der Waals surface area contributed by atoms with E-state index in [1.807, 2.05) is 0 Å². The van der Waals surface area contributed by atoms with Gasteiger partial charge in [-0.15, -0.1) is 0 Å². The Hall–Kier alpha value is -0.820. The molecule has 1 aromatic carbocycles. The van der Waals surface area contributed by atoms with Crippen molar-refractivity contribution in [3.63, 3.8) is 0 Å². The second-order valence-corrected chi connectivity index (χ2v) is 5.20. The van der Waals surface area contributed by atoms with Crippen molar-refractivity contribution < 1.29 is 0 Å². The van der Waals surface area contributed by atoms with Gasteiger partial charge in [0.05, 0.1) is 0 Å². The lowest BCUT2D eigenvalue weighted by molar-refractivity contribution is 0.412. The van der Waals surface area contributed by atoms with Gasteiger partial charge in [0.25, 0.3) is 0 Å². The molecule has 0 aromatic heterocycles. The lowest BCUT2D eigenvalue weighted by Gasteiger charge is -2.25. The summed E-state index contributed by atoms with van der Waals surface area (Å²) in [6, 6.07) is 6.77. The van der Waals surface area contributed by atoms with E-state index in [9.17, 15) is 0 Å². The highest BCUT2D eigenvalue weighted by Gasteiger charge is 2.28. The van der Waals surface area contributed by atoms with E-state index >= 15 is 0 Å². The van der Waals surface area contributed by atoms with Crippen LogP contribution >= 0.6 is 0 Å². The standard InChI is InChI=1S/C14H21N/c1-11-5-6-12(2)13(9-11)10-14(3)7-4-8-15-14/h5-6,9,15H,4,7-8,10H2,1-3H3. The Morgan fingerprint density at radius 3 is 2.80 bits per heavy atom. The Bertz CT molecular complexity index is 348. The van der Waals surface area contributed by atoms with Crippen LogP contribution in [0.15, 0.2) is 18.2 Å². The summed E-state index contributed by atoms with van der Waals surface area (Å²) in [5.74, 6) is 0. The SMILES string of the molecule is Cc1ccc(C)c(CC2(C)CCCN2)c1. The molecule has 1 heteroatoms. The minimum atomic E-state index is 0.332. The molecule has 0 bridgehead atoms. The highest BCUT2D eigenvalue weighted by molar-refractivity contribution is 5.32. The number of nitrogens with one attached hydrogen (secondary N) is 1. The summed E-state index contributed by atoms with van der Waals surface area (Å²) < 4.78 is 0. The summed E-state index contributed by atoms with van der Waals surface area (Å²) in [6.07, 6.45) is 3.79. The number of hydrogen-bond donors (Lipinski definition) is 1. The van der Waals surface area contributed by atoms with Gasteiger partial charge in [0.1, 0.15) is 0 Å². The van der Waals surface area contributed by atoms with E-state index in [1.54, 1.807) is 0 Å². The number of rotatable bonds is 2. The van der Waals surface area contributed by atoms with Crippen molar-refractivity contribution in [3.8, 4) is 0 Å². The maximum atomic E-state index is 3.63. The van der Waals surface area contributed by atoms with Crippen LogP contribution in [-0.2, 0) is 6.42 Å². The highest BCUT2D eigenvalue weighted by atomic mass is 15.0. The van der Waals surface area contributed by atoms with Gasteiger partial charge in [-0.25, -0.2) is 0 Å². The molecule has 1 nitrogen and oxygen atoms in total. The van der Waals surface area contributed by atoms with Crippen LogP contribution in [0.5, 0.6) is 0 Å². The Kier molecular flexibility index (Phi) is 2.83. The molecule has 1 unspecified atom stereocenters. The smallest absolute Gasteiger partial charge is 0.0194 e. The zero-order valence-electron chi connectivity index (χ0n) is 10.1. The van der Waals surface area contributed by atoms with E-state index in [1.165, 1.54) is 42.5 Å². The Balaban J connectivity index is 2.19. The Morgan fingerprint density at radius 1 is 1.33 bits per heavy atom. The predicted molar refractivity (Wildman–Crippen MR) is 65.3 cm³/mol. The molecule has 1 aliphatic rings. The fourth-order valence-corrected chi connectivity index (χ4v) is 2.52. The third-order valence-corrected chi connectivity index (χ3v) is 3.54. The molecule has 0 spiro atoms. The third-order valence-electron chi connectivity index (χ3n) is 3.54. The normalized spacial score (nSPS) is 25.8. The number of hydrogen-bond acceptors (Lipinski definition) is 1. The molecule has 0 aliphatic carbocycles. The van der Waals surface area contributed by atoms with Gasteiger partial charge in [0.15, 0.2) is 0 Å². The van der Waals surface area contributed by atoms with Crippen molar-refractivity contribution in [1.29, 1.82) is 0 Å². The highest BCUT2D eigenvalue weighted by Crippen LogP contribution is 2.25. The largest absolute Gasteiger partial charge is 0.311 e. The van der Waals surface area contributed by atoms with Crippen LogP contribution in [0, 0.1) is 13.8 Å². The minimum Gasteiger partial charge on any atom is -0.311 e. The van der Waals surface area contributed by atoms with Crippen LogP contribution in [0.1, 0.15) is 36.5 Å². The summed E-state index contributed by atoms with van der Waals surface area (Å²) >= 11 is 0. The fraction of sp³-hybridized carbons (Fsp3) is 0.571. The summed E-state index contributed by atoms with van der Waals surface area (Å²) in [4.78, 5) is 0. The third kappa shape index (κ3) is 2.40. The van der Waals surface area contributed by atoms with Gasteiger partial charge in [-0.1, -0.05) is 23.8 Å². The van der Waals surface area contributed by atoms with Gasteiger partial charge in [-0.3, -0.25) is 0 Å². The maximum absolute atomic E-state index is 3.63. The molecule has 1 aromatic rings. The monoisotopic (exact) mass is 203 g/mol. The van der Waals surface area contributed by atoms with Crippen molar-refractivity contribution in [2.24, 2.45) is 0 Å². The number of benzene rings is 1. The lowest BCUT2D eigenvalue weighted by Crippen LogP contribution is -2.38. The molecule has 1 heterocycles. The molecular weight excluding hydrogens is 182 g/mol. The van der Waals surface area contributed by atoms with Gasteiger partial charge >= 0.3 is 0 Å². The topological polar surface area (TPSA) is 12.0 Å². The molecule has 1 fully saturated rings. The van der Waals surface area contributed by atoms with Crippen LogP contribution in [0.3, 0.4) is 0 Å². The summed E-state index contributed by atoms with van der Waals surface area (Å²) in [6.45, 7) is 7.92. The molecule has 1 N–H and O–H groups in total. The van der Waals surface area contributed by atoms with Crippen molar-refractivity contribution in [1.82, 2.24) is 5.32 Å². The molecule has 15 heavy (non-hydrogen) atoms. The van der Waals surface area contributed by atoms with Gasteiger partial charge in [0, 0.05) is 5.54 Å². The predicted octanol–water partition coefficient (Wildman–Crippen LogP) is 2.99. The first-order chi connectivity index (χ1) is 7.09. The maximum Gasteiger partial charge on any atom is 0.0194 e. The first-order valence-electron chi connectivity index (χ1n) is 5.90. The molecule has 0 saturated carbocycles. The molecule has 1 aliphatic heterocycles. The summed E-state index contributed by atoms with van der Waals surface area (Å²) in [5, 5.41) is 3.63. The average molecular weight is 203 g/mol. The van der Waals surface area contributed by atoms with E-state index in [0.717, 1.165) is 0 Å². The molecule has 0 radical (unpaired) electrons. The van der Waals surface area contributed by atoms with Crippen LogP contribution in [-0.4, -0.2) is 12.1 Å². The first-order valence-corrected chi connectivity index (χ1v) is 5.90. The van der Waals surface area contributed by atoms with Crippen LogP contribution < -0.4 is 5.32 Å². The molecule has 1 saturated heterocycles. The van der Waals surface area contributed by atoms with Crippen molar-refractivity contribution in [2.45, 2.75) is 45.6 Å². The van der Waals surface area contributed by atoms with Crippen molar-refractivity contribution >= 4 is 0 Å². The molecule has 1 atom stereocenters. The second kappa shape index (κ2) is 3.97. The van der Waals surface area contributed by atoms with Crippen LogP contribution in [0.4, 0.5) is 0 Å². The fourth-order valence-electron chi connectivity index (χ4n) is 2.52. The minimum absolute atomic E-state index is 0.332. The first kappa shape index (κ1) is 10.7. The second-order valence-electron chi connectivity index (χ2n) is 5.20. The molecular formula is C14H21N. The van der Waals surface area contributed by atoms with Crippen molar-refractivity contribution in [2.75, 3.05) is 6.54 Å². The van der Waals surface area contributed by atoms with Crippen LogP contribution in [0.25, 0.3) is 0 Å². The van der Waals surface area contributed by atoms with Gasteiger partial charge < -0.3 is 5.32 Å². The van der Waals surface area contributed by atoms with E-state index in [0.29, 0.717) is 5.54 Å². The Morgan fingerprint density at radius 2 is 2.13 bits per heavy atom. The van der Waals surface area contributed by atoms with Crippen LogP contribution in [0.2, 0.25) is 0 Å². The van der Waals surface area contributed by atoms with E-state index in [-0.39, 0.29) is 0 Å². The summed E-state index contributed by atoms with van der Waals surface area (Å²) in [5.41, 5.74) is 4.64. The summed E-state index contributed by atoms with van der Waals surface area (Å²) in [7, 11) is 0. The Labute approximate surface area is 92.9 Å². The van der Waals surface area contributed by atoms with Gasteiger partial charge in [-0.2, -0.15) is 0 Å². The number of aryl methyl sites for hydroxylation is 2. The quantitative estimate of drug-likeness (QED) is 0.779. The zero-order chi connectivity index (χ0) is 10.9. The van der Waals surface area contributed by atoms with E-state index < -0.39 is 0 Å². The van der Waals surface area contributed by atoms with E-state index in [2.05, 4.69) is 44.3 Å².